The maximum atomic E-state index is 4.17. The predicted molar refractivity (Wildman–Crippen MR) is 44.7 cm³/mol. The molecule has 2 rings (SSSR count). The van der Waals surface area contributed by atoms with Crippen molar-refractivity contribution in [2.24, 2.45) is 0 Å². The normalized spacial score (nSPS) is 10.4. The molecule has 2 aromatic rings. The number of aromatic amines is 1. The van der Waals surface area contributed by atoms with Crippen LogP contribution in [0.15, 0.2) is 24.7 Å². The topological polar surface area (TPSA) is 46.5 Å². The Hall–Kier alpha value is -1.58. The Morgan fingerprint density at radius 3 is 3.08 bits per heavy atom. The molecule has 0 unspecified atom stereocenters. The van der Waals surface area contributed by atoms with Gasteiger partial charge in [-0.2, -0.15) is 10.2 Å². The minimum absolute atomic E-state index is 0.787. The first-order chi connectivity index (χ1) is 5.86. The van der Waals surface area contributed by atoms with Crippen LogP contribution in [0.2, 0.25) is 0 Å². The van der Waals surface area contributed by atoms with Crippen LogP contribution in [-0.4, -0.2) is 20.0 Å². The van der Waals surface area contributed by atoms with E-state index in [-0.39, 0.29) is 0 Å². The number of aryl methyl sites for hydroxylation is 1. The third-order valence-corrected chi connectivity index (χ3v) is 1.82. The number of hydrogen-bond donors (Lipinski definition) is 1. The molecule has 0 spiro atoms. The van der Waals surface area contributed by atoms with E-state index in [1.807, 2.05) is 23.9 Å². The molecule has 0 aliphatic heterocycles. The summed E-state index contributed by atoms with van der Waals surface area (Å²) in [6.07, 6.45) is 5.48. The second-order valence-electron chi connectivity index (χ2n) is 2.74. The third-order valence-electron chi connectivity index (χ3n) is 1.82. The fourth-order valence-electron chi connectivity index (χ4n) is 1.10. The molecule has 62 valence electrons. The fraction of sp³-hybridized carbons (Fsp3) is 0.250. The van der Waals surface area contributed by atoms with Crippen molar-refractivity contribution in [3.05, 3.63) is 35.9 Å². The van der Waals surface area contributed by atoms with Crippen LogP contribution in [-0.2, 0) is 6.54 Å². The van der Waals surface area contributed by atoms with Gasteiger partial charge in [0.05, 0.1) is 12.7 Å². The molecular formula is C8H10N4. The summed E-state index contributed by atoms with van der Waals surface area (Å²) in [6, 6.07) is 1.99. The van der Waals surface area contributed by atoms with Gasteiger partial charge >= 0.3 is 0 Å². The van der Waals surface area contributed by atoms with E-state index in [1.165, 1.54) is 0 Å². The lowest BCUT2D eigenvalue weighted by Crippen LogP contribution is -2.02. The molecule has 0 atom stereocenters. The molecule has 0 fully saturated rings. The molecule has 2 aromatic heterocycles. The molecule has 0 aliphatic rings. The van der Waals surface area contributed by atoms with Gasteiger partial charge in [-0.25, -0.2) is 0 Å². The van der Waals surface area contributed by atoms with E-state index in [1.54, 1.807) is 12.4 Å². The Morgan fingerprint density at radius 1 is 1.58 bits per heavy atom. The van der Waals surface area contributed by atoms with E-state index in [4.69, 9.17) is 0 Å². The van der Waals surface area contributed by atoms with Crippen LogP contribution in [0.4, 0.5) is 0 Å². The van der Waals surface area contributed by atoms with Crippen molar-refractivity contribution in [1.82, 2.24) is 20.0 Å². The molecule has 0 saturated carbocycles. The summed E-state index contributed by atoms with van der Waals surface area (Å²) >= 11 is 0. The van der Waals surface area contributed by atoms with Crippen molar-refractivity contribution < 1.29 is 0 Å². The average molecular weight is 162 g/mol. The maximum absolute atomic E-state index is 4.17. The number of nitrogens with zero attached hydrogens (tertiary/aromatic N) is 3. The van der Waals surface area contributed by atoms with Gasteiger partial charge in [-0.15, -0.1) is 0 Å². The highest BCUT2D eigenvalue weighted by molar-refractivity contribution is 5.06. The zero-order valence-corrected chi connectivity index (χ0v) is 6.86. The first-order valence-corrected chi connectivity index (χ1v) is 3.82. The quantitative estimate of drug-likeness (QED) is 0.715. The molecule has 12 heavy (non-hydrogen) atoms. The number of H-pyrrole nitrogens is 1. The summed E-state index contributed by atoms with van der Waals surface area (Å²) in [4.78, 5) is 0. The molecule has 0 saturated heterocycles. The number of aromatic nitrogens is 4. The molecule has 0 amide bonds. The summed E-state index contributed by atoms with van der Waals surface area (Å²) in [6.45, 7) is 2.82. The number of hydrogen-bond acceptors (Lipinski definition) is 2. The summed E-state index contributed by atoms with van der Waals surface area (Å²) in [5.41, 5.74) is 2.30. The minimum atomic E-state index is 0.787. The van der Waals surface area contributed by atoms with Crippen LogP contribution in [0, 0.1) is 6.92 Å². The summed E-state index contributed by atoms with van der Waals surface area (Å²) in [7, 11) is 0. The van der Waals surface area contributed by atoms with Crippen LogP contribution in [0.1, 0.15) is 11.3 Å². The van der Waals surface area contributed by atoms with Gasteiger partial charge in [0.1, 0.15) is 0 Å². The molecular weight excluding hydrogens is 152 g/mol. The zero-order valence-electron chi connectivity index (χ0n) is 6.86. The Labute approximate surface area is 70.2 Å². The molecule has 0 bridgehead atoms. The second-order valence-corrected chi connectivity index (χ2v) is 2.74. The molecule has 0 radical (unpaired) electrons. The van der Waals surface area contributed by atoms with Gasteiger partial charge in [0.2, 0.25) is 0 Å². The van der Waals surface area contributed by atoms with Crippen LogP contribution < -0.4 is 0 Å². The van der Waals surface area contributed by atoms with Gasteiger partial charge in [0.15, 0.2) is 0 Å². The summed E-state index contributed by atoms with van der Waals surface area (Å²) < 4.78 is 1.94. The third kappa shape index (κ3) is 1.23. The lowest BCUT2D eigenvalue weighted by molar-refractivity contribution is 0.665. The van der Waals surface area contributed by atoms with Crippen molar-refractivity contribution in [3.8, 4) is 0 Å². The van der Waals surface area contributed by atoms with E-state index >= 15 is 0 Å². The Balaban J connectivity index is 2.20. The summed E-state index contributed by atoms with van der Waals surface area (Å²) in [5.74, 6) is 0. The Bertz CT molecular complexity index is 347. The maximum Gasteiger partial charge on any atom is 0.0693 e. The molecule has 4 heteroatoms. The molecule has 2 heterocycles. The number of rotatable bonds is 2. The van der Waals surface area contributed by atoms with Crippen LogP contribution in [0.3, 0.4) is 0 Å². The van der Waals surface area contributed by atoms with Crippen molar-refractivity contribution in [1.29, 1.82) is 0 Å². The van der Waals surface area contributed by atoms with Gasteiger partial charge in [-0.1, -0.05) is 0 Å². The Kier molecular flexibility index (Phi) is 1.66. The molecule has 4 nitrogen and oxygen atoms in total. The highest BCUT2D eigenvalue weighted by Gasteiger charge is 1.98. The lowest BCUT2D eigenvalue weighted by atomic mass is 10.3. The highest BCUT2D eigenvalue weighted by Crippen LogP contribution is 2.01. The summed E-state index contributed by atoms with van der Waals surface area (Å²) in [5, 5.41) is 10.8. The van der Waals surface area contributed by atoms with Gasteiger partial charge < -0.3 is 0 Å². The van der Waals surface area contributed by atoms with Gasteiger partial charge in [0, 0.05) is 23.7 Å². The van der Waals surface area contributed by atoms with Gasteiger partial charge in [0.25, 0.3) is 0 Å². The van der Waals surface area contributed by atoms with E-state index in [0.29, 0.717) is 0 Å². The highest BCUT2D eigenvalue weighted by atomic mass is 15.3. The zero-order chi connectivity index (χ0) is 8.39. The fourth-order valence-corrected chi connectivity index (χ4v) is 1.10. The smallest absolute Gasteiger partial charge is 0.0693 e. The van der Waals surface area contributed by atoms with Gasteiger partial charge in [-0.3, -0.25) is 9.78 Å². The molecule has 1 N–H and O–H groups in total. The average Bonchev–Trinajstić information content (AvgIpc) is 2.65. The largest absolute Gasteiger partial charge is 0.285 e. The first kappa shape index (κ1) is 7.09. The van der Waals surface area contributed by atoms with Crippen LogP contribution in [0.5, 0.6) is 0 Å². The van der Waals surface area contributed by atoms with Crippen molar-refractivity contribution in [3.63, 3.8) is 0 Å². The number of nitrogens with one attached hydrogen (secondary N) is 1. The van der Waals surface area contributed by atoms with E-state index in [2.05, 4.69) is 15.3 Å². The molecule has 0 aliphatic carbocycles. The van der Waals surface area contributed by atoms with Crippen LogP contribution >= 0.6 is 0 Å². The molecule has 0 aromatic carbocycles. The van der Waals surface area contributed by atoms with Crippen molar-refractivity contribution >= 4 is 0 Å². The van der Waals surface area contributed by atoms with Crippen molar-refractivity contribution in [2.75, 3.05) is 0 Å². The lowest BCUT2D eigenvalue weighted by Gasteiger charge is -2.00. The predicted octanol–water partition coefficient (Wildman–Crippen LogP) is 0.963. The minimum Gasteiger partial charge on any atom is -0.285 e. The first-order valence-electron chi connectivity index (χ1n) is 3.82. The van der Waals surface area contributed by atoms with E-state index in [9.17, 15) is 0 Å². The van der Waals surface area contributed by atoms with E-state index in [0.717, 1.165) is 17.8 Å². The van der Waals surface area contributed by atoms with Crippen LogP contribution in [0.25, 0.3) is 0 Å². The monoisotopic (exact) mass is 162 g/mol. The van der Waals surface area contributed by atoms with E-state index < -0.39 is 0 Å². The standard InChI is InChI=1S/C8H10N4/c1-7-2-3-11-12(7)6-8-4-9-10-5-8/h2-5H,6H2,1H3,(H,9,10). The Morgan fingerprint density at radius 2 is 2.50 bits per heavy atom. The SMILES string of the molecule is Cc1ccnn1Cc1cn[nH]c1. The van der Waals surface area contributed by atoms with Crippen molar-refractivity contribution in [2.45, 2.75) is 13.5 Å². The second kappa shape index (κ2) is 2.81. The van der Waals surface area contributed by atoms with Gasteiger partial charge in [-0.05, 0) is 13.0 Å².